The van der Waals surface area contributed by atoms with E-state index < -0.39 is 0 Å². The molecule has 0 bridgehead atoms. The lowest BCUT2D eigenvalue weighted by atomic mass is 10.1. The Morgan fingerprint density at radius 3 is 1.94 bits per heavy atom. The Kier molecular flexibility index (Phi) is 4.70. The Balaban J connectivity index is 0.000000686. The molecule has 2 rings (SSSR count). The minimum Gasteiger partial charge on any atom is -0.318 e. The van der Waals surface area contributed by atoms with Gasteiger partial charge in [-0.2, -0.15) is 0 Å². The number of benzene rings is 1. The highest BCUT2D eigenvalue weighted by molar-refractivity contribution is 5.62. The number of aromatic nitrogens is 1. The number of nitrogens with zero attached hydrogens (tertiary/aromatic N) is 1. The van der Waals surface area contributed by atoms with E-state index in [2.05, 4.69) is 31.2 Å². The second-order valence-corrected chi connectivity index (χ2v) is 3.73. The van der Waals surface area contributed by atoms with E-state index in [0.717, 1.165) is 11.1 Å². The first-order chi connectivity index (χ1) is 8.16. The van der Waals surface area contributed by atoms with Crippen LogP contribution in [0, 0.1) is 6.92 Å². The van der Waals surface area contributed by atoms with Gasteiger partial charge in [0.15, 0.2) is 0 Å². The van der Waals surface area contributed by atoms with Crippen molar-refractivity contribution in [2.75, 3.05) is 0 Å². The molecule has 0 aliphatic heterocycles. The highest BCUT2D eigenvalue weighted by Gasteiger charge is 1.98. The number of pyridine rings is 1. The van der Waals surface area contributed by atoms with Crippen molar-refractivity contribution in [3.63, 3.8) is 0 Å². The predicted octanol–water partition coefficient (Wildman–Crippen LogP) is 3.39. The molecule has 0 saturated carbocycles. The third kappa shape index (κ3) is 3.31. The molecule has 0 aliphatic carbocycles. The largest absolute Gasteiger partial charge is 0.318 e. The summed E-state index contributed by atoms with van der Waals surface area (Å²) in [4.78, 5) is 11.2. The third-order valence-corrected chi connectivity index (χ3v) is 2.47. The minimum absolute atomic E-state index is 0.0193. The second kappa shape index (κ2) is 6.04. The smallest absolute Gasteiger partial charge is 0.250 e. The van der Waals surface area contributed by atoms with E-state index in [1.54, 1.807) is 17.7 Å². The Labute approximate surface area is 103 Å². The number of rotatable bonds is 1. The molecule has 0 aliphatic rings. The van der Waals surface area contributed by atoms with E-state index in [1.165, 1.54) is 5.56 Å². The van der Waals surface area contributed by atoms with Crippen LogP contribution in [-0.2, 0) is 7.05 Å². The normalized spacial score (nSPS) is 9.41. The summed E-state index contributed by atoms with van der Waals surface area (Å²) >= 11 is 0. The Hall–Kier alpha value is -1.83. The molecule has 1 aromatic carbocycles. The summed E-state index contributed by atoms with van der Waals surface area (Å²) in [5.41, 5.74) is 3.46. The molecular formula is C15H19NO. The summed E-state index contributed by atoms with van der Waals surface area (Å²) in [7, 11) is 1.76. The van der Waals surface area contributed by atoms with E-state index in [9.17, 15) is 4.79 Å². The van der Waals surface area contributed by atoms with E-state index in [1.807, 2.05) is 26.1 Å². The molecule has 17 heavy (non-hydrogen) atoms. The van der Waals surface area contributed by atoms with Gasteiger partial charge in [0.25, 0.3) is 0 Å². The molecular weight excluding hydrogens is 210 g/mol. The van der Waals surface area contributed by atoms with Crippen LogP contribution in [0.3, 0.4) is 0 Å². The van der Waals surface area contributed by atoms with Crippen LogP contribution in [0.5, 0.6) is 0 Å². The first-order valence-electron chi connectivity index (χ1n) is 5.90. The van der Waals surface area contributed by atoms with Crippen LogP contribution in [0.2, 0.25) is 0 Å². The van der Waals surface area contributed by atoms with Gasteiger partial charge in [0.05, 0.1) is 0 Å². The number of hydrogen-bond acceptors (Lipinski definition) is 1. The van der Waals surface area contributed by atoms with Gasteiger partial charge in [-0.3, -0.25) is 4.79 Å². The Morgan fingerprint density at radius 1 is 0.882 bits per heavy atom. The molecule has 0 spiro atoms. The van der Waals surface area contributed by atoms with Gasteiger partial charge < -0.3 is 4.57 Å². The van der Waals surface area contributed by atoms with Gasteiger partial charge in [-0.05, 0) is 24.1 Å². The highest BCUT2D eigenvalue weighted by Crippen LogP contribution is 2.17. The molecule has 2 aromatic rings. The van der Waals surface area contributed by atoms with Crippen LogP contribution >= 0.6 is 0 Å². The van der Waals surface area contributed by atoms with Gasteiger partial charge in [-0.1, -0.05) is 43.7 Å². The number of aryl methyl sites for hydroxylation is 2. The molecule has 1 aromatic heterocycles. The Morgan fingerprint density at radius 2 is 1.41 bits per heavy atom. The summed E-state index contributed by atoms with van der Waals surface area (Å²) in [6.07, 6.45) is 1.85. The van der Waals surface area contributed by atoms with E-state index in [-0.39, 0.29) is 5.56 Å². The molecule has 0 N–H and O–H groups in total. The summed E-state index contributed by atoms with van der Waals surface area (Å²) in [6.45, 7) is 6.06. The van der Waals surface area contributed by atoms with Crippen molar-refractivity contribution in [1.29, 1.82) is 0 Å². The van der Waals surface area contributed by atoms with Gasteiger partial charge in [0.1, 0.15) is 0 Å². The van der Waals surface area contributed by atoms with E-state index in [0.29, 0.717) is 0 Å². The van der Waals surface area contributed by atoms with Gasteiger partial charge in [-0.25, -0.2) is 0 Å². The van der Waals surface area contributed by atoms with Gasteiger partial charge >= 0.3 is 0 Å². The summed E-state index contributed by atoms with van der Waals surface area (Å²) < 4.78 is 1.59. The molecule has 2 nitrogen and oxygen atoms in total. The maximum Gasteiger partial charge on any atom is 0.250 e. The van der Waals surface area contributed by atoms with Crippen LogP contribution in [-0.4, -0.2) is 4.57 Å². The second-order valence-electron chi connectivity index (χ2n) is 3.73. The van der Waals surface area contributed by atoms with Gasteiger partial charge in [0.2, 0.25) is 5.56 Å². The summed E-state index contributed by atoms with van der Waals surface area (Å²) in [5, 5.41) is 0. The molecule has 0 atom stereocenters. The molecule has 0 unspecified atom stereocenters. The third-order valence-electron chi connectivity index (χ3n) is 2.47. The van der Waals surface area contributed by atoms with Gasteiger partial charge in [-0.15, -0.1) is 0 Å². The predicted molar refractivity (Wildman–Crippen MR) is 73.2 cm³/mol. The van der Waals surface area contributed by atoms with E-state index >= 15 is 0 Å². The molecule has 2 heteroatoms. The summed E-state index contributed by atoms with van der Waals surface area (Å²) in [6, 6.07) is 11.7. The van der Waals surface area contributed by atoms with Crippen molar-refractivity contribution in [3.8, 4) is 11.1 Å². The van der Waals surface area contributed by atoms with Crippen LogP contribution in [0.15, 0.2) is 47.4 Å². The van der Waals surface area contributed by atoms with Crippen molar-refractivity contribution in [2.45, 2.75) is 20.8 Å². The van der Waals surface area contributed by atoms with Crippen molar-refractivity contribution in [1.82, 2.24) is 4.57 Å². The zero-order chi connectivity index (χ0) is 12.8. The van der Waals surface area contributed by atoms with Crippen LogP contribution < -0.4 is 5.56 Å². The molecule has 1 heterocycles. The van der Waals surface area contributed by atoms with Gasteiger partial charge in [0, 0.05) is 19.3 Å². The monoisotopic (exact) mass is 229 g/mol. The van der Waals surface area contributed by atoms with Crippen LogP contribution in [0.4, 0.5) is 0 Å². The zero-order valence-corrected chi connectivity index (χ0v) is 10.9. The standard InChI is InChI=1S/C13H13NO.C2H6/c1-10-3-5-11(6-4-10)12-7-8-13(15)14(2)9-12;1-2/h3-9H,1-2H3;1-2H3. The lowest BCUT2D eigenvalue weighted by Gasteiger charge is -2.04. The molecule has 0 radical (unpaired) electrons. The molecule has 90 valence electrons. The van der Waals surface area contributed by atoms with Crippen molar-refractivity contribution in [3.05, 3.63) is 58.5 Å². The van der Waals surface area contributed by atoms with Crippen molar-refractivity contribution >= 4 is 0 Å². The Bertz CT molecular complexity index is 523. The lowest BCUT2D eigenvalue weighted by molar-refractivity contribution is 0.862. The fraction of sp³-hybridized carbons (Fsp3) is 0.267. The highest BCUT2D eigenvalue weighted by atomic mass is 16.1. The van der Waals surface area contributed by atoms with Crippen LogP contribution in [0.25, 0.3) is 11.1 Å². The van der Waals surface area contributed by atoms with E-state index in [4.69, 9.17) is 0 Å². The lowest BCUT2D eigenvalue weighted by Crippen LogP contribution is -2.13. The minimum atomic E-state index is 0.0193. The topological polar surface area (TPSA) is 22.0 Å². The SMILES string of the molecule is CC.Cc1ccc(-c2ccc(=O)n(C)c2)cc1. The maximum atomic E-state index is 11.2. The molecule has 0 fully saturated rings. The quantitative estimate of drug-likeness (QED) is 0.734. The zero-order valence-electron chi connectivity index (χ0n) is 10.9. The first-order valence-corrected chi connectivity index (χ1v) is 5.90. The van der Waals surface area contributed by atoms with Crippen LogP contribution in [0.1, 0.15) is 19.4 Å². The molecule has 0 saturated heterocycles. The fourth-order valence-electron chi connectivity index (χ4n) is 1.51. The average molecular weight is 229 g/mol. The maximum absolute atomic E-state index is 11.2. The van der Waals surface area contributed by atoms with Crippen molar-refractivity contribution < 1.29 is 0 Å². The fourth-order valence-corrected chi connectivity index (χ4v) is 1.51. The average Bonchev–Trinajstić information content (AvgIpc) is 2.36. The van der Waals surface area contributed by atoms with Crippen molar-refractivity contribution in [2.24, 2.45) is 7.05 Å². The first kappa shape index (κ1) is 13.2. The summed E-state index contributed by atoms with van der Waals surface area (Å²) in [5.74, 6) is 0. The molecule has 0 amide bonds. The number of hydrogen-bond donors (Lipinski definition) is 0.